The smallest absolute Gasteiger partial charge is 0.331 e. The molecule has 1 aromatic heterocycles. The Morgan fingerprint density at radius 3 is 2.68 bits per heavy atom. The van der Waals surface area contributed by atoms with E-state index in [-0.39, 0.29) is 18.5 Å². The normalized spacial score (nSPS) is 14.5. The lowest BCUT2D eigenvalue weighted by Crippen LogP contribution is -2.23. The summed E-state index contributed by atoms with van der Waals surface area (Å²) in [7, 11) is 0. The SMILES string of the molecule is Cc1nc(C)c(COC(=O)/C=C/c2ccc(N3CCCC3=O)cc2)s1. The number of aromatic nitrogens is 1. The highest BCUT2D eigenvalue weighted by Gasteiger charge is 2.21. The minimum Gasteiger partial charge on any atom is -0.457 e. The molecule has 0 aliphatic carbocycles. The van der Waals surface area contributed by atoms with Gasteiger partial charge >= 0.3 is 5.97 Å². The number of nitrogens with zero attached hydrogens (tertiary/aromatic N) is 2. The highest BCUT2D eigenvalue weighted by molar-refractivity contribution is 7.11. The zero-order chi connectivity index (χ0) is 17.8. The van der Waals surface area contributed by atoms with Crippen molar-refractivity contribution in [3.8, 4) is 0 Å². The molecule has 1 saturated heterocycles. The van der Waals surface area contributed by atoms with Crippen LogP contribution in [0, 0.1) is 13.8 Å². The largest absolute Gasteiger partial charge is 0.457 e. The molecule has 1 aromatic carbocycles. The molecule has 1 fully saturated rings. The highest BCUT2D eigenvalue weighted by atomic mass is 32.1. The van der Waals surface area contributed by atoms with Crippen LogP contribution in [0.4, 0.5) is 5.69 Å². The lowest BCUT2D eigenvalue weighted by atomic mass is 10.2. The van der Waals surface area contributed by atoms with Crippen molar-refractivity contribution in [1.29, 1.82) is 0 Å². The first kappa shape index (κ1) is 17.4. The summed E-state index contributed by atoms with van der Waals surface area (Å²) in [5.74, 6) is -0.218. The van der Waals surface area contributed by atoms with Crippen molar-refractivity contribution in [1.82, 2.24) is 4.98 Å². The zero-order valence-electron chi connectivity index (χ0n) is 14.3. The summed E-state index contributed by atoms with van der Waals surface area (Å²) in [6, 6.07) is 7.58. The van der Waals surface area contributed by atoms with Crippen LogP contribution in [0.15, 0.2) is 30.3 Å². The molecule has 130 valence electrons. The molecule has 0 bridgehead atoms. The number of thiazole rings is 1. The van der Waals surface area contributed by atoms with E-state index in [4.69, 9.17) is 4.74 Å². The fourth-order valence-corrected chi connectivity index (χ4v) is 3.59. The zero-order valence-corrected chi connectivity index (χ0v) is 15.1. The predicted octanol–water partition coefficient (Wildman–Crippen LogP) is 3.64. The van der Waals surface area contributed by atoms with Gasteiger partial charge in [-0.2, -0.15) is 0 Å². The van der Waals surface area contributed by atoms with Crippen molar-refractivity contribution in [3.05, 3.63) is 51.5 Å². The average Bonchev–Trinajstić information content (AvgIpc) is 3.16. The predicted molar refractivity (Wildman–Crippen MR) is 98.4 cm³/mol. The second kappa shape index (κ2) is 7.61. The first-order chi connectivity index (χ1) is 12.0. The molecule has 0 spiro atoms. The van der Waals surface area contributed by atoms with Gasteiger partial charge in [-0.15, -0.1) is 11.3 Å². The summed E-state index contributed by atoms with van der Waals surface area (Å²) in [5.41, 5.74) is 2.70. The van der Waals surface area contributed by atoms with Crippen LogP contribution in [0.5, 0.6) is 0 Å². The van der Waals surface area contributed by atoms with E-state index in [0.717, 1.165) is 39.8 Å². The Kier molecular flexibility index (Phi) is 5.28. The third-order valence-electron chi connectivity index (χ3n) is 4.04. The molecule has 2 heterocycles. The van der Waals surface area contributed by atoms with E-state index in [0.29, 0.717) is 6.42 Å². The van der Waals surface area contributed by atoms with Crippen molar-refractivity contribution in [2.24, 2.45) is 0 Å². The maximum Gasteiger partial charge on any atom is 0.331 e. The molecular weight excluding hydrogens is 336 g/mol. The molecule has 0 saturated carbocycles. The Labute approximate surface area is 150 Å². The van der Waals surface area contributed by atoms with E-state index >= 15 is 0 Å². The number of rotatable bonds is 5. The lowest BCUT2D eigenvalue weighted by Gasteiger charge is -2.15. The molecular formula is C19H20N2O3S. The Morgan fingerprint density at radius 2 is 2.08 bits per heavy atom. The van der Waals surface area contributed by atoms with Crippen LogP contribution in [0.1, 0.15) is 34.0 Å². The number of ether oxygens (including phenoxy) is 1. The van der Waals surface area contributed by atoms with Gasteiger partial charge in [0.1, 0.15) is 6.61 Å². The molecule has 5 nitrogen and oxygen atoms in total. The number of amides is 1. The van der Waals surface area contributed by atoms with E-state index in [9.17, 15) is 9.59 Å². The van der Waals surface area contributed by atoms with E-state index in [1.165, 1.54) is 17.4 Å². The maximum atomic E-state index is 11.8. The van der Waals surface area contributed by atoms with E-state index in [1.54, 1.807) is 11.0 Å². The molecule has 3 rings (SSSR count). The van der Waals surface area contributed by atoms with Gasteiger partial charge in [0.15, 0.2) is 0 Å². The molecule has 25 heavy (non-hydrogen) atoms. The fraction of sp³-hybridized carbons (Fsp3) is 0.316. The second-order valence-electron chi connectivity index (χ2n) is 5.92. The number of carbonyl (C=O) groups excluding carboxylic acids is 2. The molecule has 0 atom stereocenters. The van der Waals surface area contributed by atoms with Crippen LogP contribution in [0.25, 0.3) is 6.08 Å². The molecule has 2 aromatic rings. The van der Waals surface area contributed by atoms with Crippen molar-refractivity contribution >= 4 is 35.0 Å². The van der Waals surface area contributed by atoms with Gasteiger partial charge in [0.25, 0.3) is 0 Å². The quantitative estimate of drug-likeness (QED) is 0.606. The number of carbonyl (C=O) groups is 2. The van der Waals surface area contributed by atoms with Crippen molar-refractivity contribution in [3.63, 3.8) is 0 Å². The fourth-order valence-electron chi connectivity index (χ4n) is 2.74. The van der Waals surface area contributed by atoms with Gasteiger partial charge < -0.3 is 9.64 Å². The number of anilines is 1. The van der Waals surface area contributed by atoms with Crippen LogP contribution in [0.2, 0.25) is 0 Å². The third-order valence-corrected chi connectivity index (χ3v) is 5.08. The molecule has 1 amide bonds. The number of esters is 1. The minimum absolute atomic E-state index is 0.167. The molecule has 0 N–H and O–H groups in total. The van der Waals surface area contributed by atoms with E-state index in [1.807, 2.05) is 38.1 Å². The summed E-state index contributed by atoms with van der Waals surface area (Å²) < 4.78 is 5.25. The standard InChI is InChI=1S/C19H20N2O3S/c1-13-17(25-14(2)20-13)12-24-19(23)10-7-15-5-8-16(9-6-15)21-11-3-4-18(21)22/h5-10H,3-4,11-12H2,1-2H3/b10-7+. The molecule has 6 heteroatoms. The van der Waals surface area contributed by atoms with Crippen LogP contribution < -0.4 is 4.90 Å². The van der Waals surface area contributed by atoms with Crippen LogP contribution in [0.3, 0.4) is 0 Å². The molecule has 0 radical (unpaired) electrons. The van der Waals surface area contributed by atoms with Crippen molar-refractivity contribution in [2.75, 3.05) is 11.4 Å². The molecule has 0 unspecified atom stereocenters. The van der Waals surface area contributed by atoms with Gasteiger partial charge in [-0.25, -0.2) is 9.78 Å². The topological polar surface area (TPSA) is 59.5 Å². The van der Waals surface area contributed by atoms with Crippen LogP contribution >= 0.6 is 11.3 Å². The van der Waals surface area contributed by atoms with Gasteiger partial charge in [-0.3, -0.25) is 4.79 Å². The van der Waals surface area contributed by atoms with Gasteiger partial charge in [-0.05, 0) is 44.0 Å². The number of hydrogen-bond acceptors (Lipinski definition) is 5. The van der Waals surface area contributed by atoms with Gasteiger partial charge in [0, 0.05) is 24.7 Å². The summed E-state index contributed by atoms with van der Waals surface area (Å²) in [4.78, 5) is 30.7. The van der Waals surface area contributed by atoms with E-state index < -0.39 is 0 Å². The Bertz CT molecular complexity index is 809. The van der Waals surface area contributed by atoms with Crippen molar-refractivity contribution in [2.45, 2.75) is 33.3 Å². The summed E-state index contributed by atoms with van der Waals surface area (Å²) in [6.07, 6.45) is 4.65. The van der Waals surface area contributed by atoms with Crippen LogP contribution in [-0.2, 0) is 20.9 Å². The van der Waals surface area contributed by atoms with Crippen LogP contribution in [-0.4, -0.2) is 23.4 Å². The summed E-state index contributed by atoms with van der Waals surface area (Å²) in [5, 5.41) is 0.968. The Morgan fingerprint density at radius 1 is 1.32 bits per heavy atom. The van der Waals surface area contributed by atoms with Gasteiger partial charge in [-0.1, -0.05) is 12.1 Å². The van der Waals surface area contributed by atoms with Gasteiger partial charge in [0.05, 0.1) is 15.6 Å². The number of aryl methyl sites for hydroxylation is 2. The first-order valence-corrected chi connectivity index (χ1v) is 9.03. The third kappa shape index (κ3) is 4.33. The first-order valence-electron chi connectivity index (χ1n) is 8.21. The lowest BCUT2D eigenvalue weighted by molar-refractivity contribution is -0.138. The van der Waals surface area contributed by atoms with Gasteiger partial charge in [0.2, 0.25) is 5.91 Å². The monoisotopic (exact) mass is 356 g/mol. The average molecular weight is 356 g/mol. The summed E-state index contributed by atoms with van der Waals surface area (Å²) >= 11 is 1.54. The Hall–Kier alpha value is -2.47. The molecule has 1 aliphatic heterocycles. The van der Waals surface area contributed by atoms with E-state index in [2.05, 4.69) is 4.98 Å². The number of hydrogen-bond donors (Lipinski definition) is 0. The maximum absolute atomic E-state index is 11.8. The number of benzene rings is 1. The molecule has 1 aliphatic rings. The summed E-state index contributed by atoms with van der Waals surface area (Å²) in [6.45, 7) is 4.87. The Balaban J connectivity index is 1.55. The highest BCUT2D eigenvalue weighted by Crippen LogP contribution is 2.22. The second-order valence-corrected chi connectivity index (χ2v) is 7.21. The van der Waals surface area contributed by atoms with Crippen molar-refractivity contribution < 1.29 is 14.3 Å². The minimum atomic E-state index is -0.385.